The van der Waals surface area contributed by atoms with E-state index in [0.717, 1.165) is 0 Å². The molecule has 0 radical (unpaired) electrons. The molecule has 2 aromatic heterocycles. The lowest BCUT2D eigenvalue weighted by molar-refractivity contribution is 0.0657. The lowest BCUT2D eigenvalue weighted by Crippen LogP contribution is -2.18. The van der Waals surface area contributed by atoms with E-state index in [2.05, 4.69) is 15.5 Å². The van der Waals surface area contributed by atoms with Crippen molar-refractivity contribution >= 4 is 18.1 Å². The molecule has 9 nitrogen and oxygen atoms in total. The van der Waals surface area contributed by atoms with Crippen LogP contribution in [-0.2, 0) is 6.61 Å². The van der Waals surface area contributed by atoms with E-state index in [4.69, 9.17) is 19.0 Å². The van der Waals surface area contributed by atoms with Crippen LogP contribution in [0.25, 0.3) is 0 Å². The number of furan rings is 1. The number of nitrogens with one attached hydrogen (secondary N) is 1. The second-order valence-corrected chi connectivity index (χ2v) is 5.91. The molecule has 30 heavy (non-hydrogen) atoms. The van der Waals surface area contributed by atoms with Crippen molar-refractivity contribution in [3.05, 3.63) is 77.5 Å². The molecule has 0 bridgehead atoms. The van der Waals surface area contributed by atoms with E-state index < -0.39 is 11.9 Å². The van der Waals surface area contributed by atoms with Crippen LogP contribution < -0.4 is 14.9 Å². The summed E-state index contributed by atoms with van der Waals surface area (Å²) >= 11 is 0. The van der Waals surface area contributed by atoms with Gasteiger partial charge in [0.25, 0.3) is 5.91 Å². The molecule has 9 heteroatoms. The van der Waals surface area contributed by atoms with E-state index in [1.165, 1.54) is 24.5 Å². The Hall–Kier alpha value is -4.14. The fraction of sp³-hybridized carbons (Fsp3) is 0.143. The number of hydrogen-bond donors (Lipinski definition) is 2. The Labute approximate surface area is 172 Å². The molecule has 0 aliphatic rings. The molecule has 3 aromatic rings. The van der Waals surface area contributed by atoms with Gasteiger partial charge in [0.2, 0.25) is 5.76 Å². The Kier molecular flexibility index (Phi) is 6.78. The van der Waals surface area contributed by atoms with Gasteiger partial charge in [0.05, 0.1) is 12.8 Å². The van der Waals surface area contributed by atoms with Gasteiger partial charge in [-0.05, 0) is 55.0 Å². The first-order valence-corrected chi connectivity index (χ1v) is 9.03. The number of hydrazone groups is 1. The van der Waals surface area contributed by atoms with Crippen molar-refractivity contribution in [2.24, 2.45) is 5.10 Å². The third kappa shape index (κ3) is 5.44. The number of aromatic nitrogens is 1. The molecule has 1 aromatic carbocycles. The van der Waals surface area contributed by atoms with Crippen molar-refractivity contribution < 1.29 is 28.6 Å². The van der Waals surface area contributed by atoms with E-state index in [-0.39, 0.29) is 18.1 Å². The summed E-state index contributed by atoms with van der Waals surface area (Å²) in [5.41, 5.74) is 3.35. The van der Waals surface area contributed by atoms with Gasteiger partial charge in [-0.3, -0.25) is 9.78 Å². The topological polar surface area (TPSA) is 123 Å². The molecular weight excluding hydrogens is 390 g/mol. The van der Waals surface area contributed by atoms with Crippen molar-refractivity contribution in [3.63, 3.8) is 0 Å². The van der Waals surface area contributed by atoms with Crippen LogP contribution in [0.3, 0.4) is 0 Å². The fourth-order valence-corrected chi connectivity index (χ4v) is 2.43. The summed E-state index contributed by atoms with van der Waals surface area (Å²) in [6.07, 6.45) is 3.00. The Morgan fingerprint density at radius 1 is 1.17 bits per heavy atom. The third-order valence-corrected chi connectivity index (χ3v) is 3.79. The quantitative estimate of drug-likeness (QED) is 0.411. The number of aromatic carboxylic acids is 1. The fourth-order valence-electron chi connectivity index (χ4n) is 2.43. The van der Waals surface area contributed by atoms with Gasteiger partial charge in [0.1, 0.15) is 18.1 Å². The van der Waals surface area contributed by atoms with Gasteiger partial charge in [0.15, 0.2) is 11.5 Å². The maximum atomic E-state index is 11.9. The second-order valence-electron chi connectivity index (χ2n) is 5.91. The smallest absolute Gasteiger partial charge is 0.371 e. The first kappa shape index (κ1) is 20.6. The van der Waals surface area contributed by atoms with E-state index in [9.17, 15) is 9.59 Å². The molecule has 0 spiro atoms. The molecule has 0 saturated heterocycles. The molecule has 0 aliphatic carbocycles. The molecule has 2 N–H and O–H groups in total. The molecular formula is C21H19N3O6. The number of carbonyl (C=O) groups excluding carboxylic acids is 1. The summed E-state index contributed by atoms with van der Waals surface area (Å²) in [6.45, 7) is 2.29. The number of carboxylic acid groups (broad SMARTS) is 1. The van der Waals surface area contributed by atoms with Gasteiger partial charge < -0.3 is 19.0 Å². The third-order valence-electron chi connectivity index (χ3n) is 3.79. The van der Waals surface area contributed by atoms with Crippen LogP contribution >= 0.6 is 0 Å². The van der Waals surface area contributed by atoms with Crippen LogP contribution in [0.2, 0.25) is 0 Å². The minimum Gasteiger partial charge on any atom is -0.490 e. The zero-order valence-electron chi connectivity index (χ0n) is 16.1. The number of benzene rings is 1. The zero-order chi connectivity index (χ0) is 21.3. The Morgan fingerprint density at radius 2 is 2.03 bits per heavy atom. The van der Waals surface area contributed by atoms with E-state index in [0.29, 0.717) is 29.4 Å². The molecule has 0 saturated carbocycles. The highest BCUT2D eigenvalue weighted by atomic mass is 16.5. The zero-order valence-corrected chi connectivity index (χ0v) is 16.1. The second kappa shape index (κ2) is 9.87. The number of carbonyl (C=O) groups is 2. The molecule has 3 rings (SSSR count). The summed E-state index contributed by atoms with van der Waals surface area (Å²) in [6, 6.07) is 13.0. The van der Waals surface area contributed by atoms with Gasteiger partial charge in [0, 0.05) is 6.20 Å². The molecule has 2 heterocycles. The van der Waals surface area contributed by atoms with Crippen LogP contribution in [0.5, 0.6) is 11.5 Å². The van der Waals surface area contributed by atoms with Crippen LogP contribution in [0.4, 0.5) is 0 Å². The predicted molar refractivity (Wildman–Crippen MR) is 107 cm³/mol. The highest BCUT2D eigenvalue weighted by Gasteiger charge is 2.11. The molecule has 0 atom stereocenters. The summed E-state index contributed by atoms with van der Waals surface area (Å²) < 4.78 is 16.5. The van der Waals surface area contributed by atoms with Gasteiger partial charge in [-0.15, -0.1) is 0 Å². The van der Waals surface area contributed by atoms with Crippen molar-refractivity contribution in [1.82, 2.24) is 10.4 Å². The lowest BCUT2D eigenvalue weighted by atomic mass is 10.2. The SMILES string of the molecule is CCOc1cc(C=NNC(=O)c2ccccn2)ccc1OCc1ccc(C(=O)O)o1. The molecule has 154 valence electrons. The van der Waals surface area contributed by atoms with Gasteiger partial charge in [-0.1, -0.05) is 6.07 Å². The molecule has 0 aliphatic heterocycles. The van der Waals surface area contributed by atoms with Crippen LogP contribution in [0.15, 0.2) is 64.2 Å². The van der Waals surface area contributed by atoms with Crippen molar-refractivity contribution in [1.29, 1.82) is 0 Å². The normalized spacial score (nSPS) is 10.7. The number of hydrogen-bond acceptors (Lipinski definition) is 7. The first-order chi connectivity index (χ1) is 14.6. The summed E-state index contributed by atoms with van der Waals surface area (Å²) in [5.74, 6) is -0.413. The lowest BCUT2D eigenvalue weighted by Gasteiger charge is -2.11. The minimum atomic E-state index is -1.14. The maximum absolute atomic E-state index is 11.9. The van der Waals surface area contributed by atoms with Crippen molar-refractivity contribution in [2.45, 2.75) is 13.5 Å². The summed E-state index contributed by atoms with van der Waals surface area (Å²) in [4.78, 5) is 26.8. The molecule has 1 amide bonds. The van der Waals surface area contributed by atoms with Crippen molar-refractivity contribution in [3.8, 4) is 11.5 Å². The van der Waals surface area contributed by atoms with Gasteiger partial charge in [-0.25, -0.2) is 10.2 Å². The van der Waals surface area contributed by atoms with Crippen LogP contribution in [-0.4, -0.2) is 34.8 Å². The molecule has 0 unspecified atom stereocenters. The van der Waals surface area contributed by atoms with E-state index in [1.807, 2.05) is 6.92 Å². The molecule has 0 fully saturated rings. The number of rotatable bonds is 9. The minimum absolute atomic E-state index is 0.0426. The highest BCUT2D eigenvalue weighted by molar-refractivity contribution is 5.93. The monoisotopic (exact) mass is 409 g/mol. The highest BCUT2D eigenvalue weighted by Crippen LogP contribution is 2.29. The number of amides is 1. The number of nitrogens with zero attached hydrogens (tertiary/aromatic N) is 2. The van der Waals surface area contributed by atoms with Crippen LogP contribution in [0.1, 0.15) is 39.3 Å². The number of carboxylic acids is 1. The average Bonchev–Trinajstić information content (AvgIpc) is 3.23. The summed E-state index contributed by atoms with van der Waals surface area (Å²) in [5, 5.41) is 12.8. The largest absolute Gasteiger partial charge is 0.490 e. The Bertz CT molecular complexity index is 1050. The van der Waals surface area contributed by atoms with E-state index in [1.54, 1.807) is 36.4 Å². The maximum Gasteiger partial charge on any atom is 0.371 e. The Balaban J connectivity index is 1.65. The van der Waals surface area contributed by atoms with Gasteiger partial charge >= 0.3 is 5.97 Å². The van der Waals surface area contributed by atoms with Crippen molar-refractivity contribution in [2.75, 3.05) is 6.61 Å². The van der Waals surface area contributed by atoms with E-state index >= 15 is 0 Å². The number of ether oxygens (including phenoxy) is 2. The standard InChI is InChI=1S/C21H19N3O6/c1-2-28-19-11-14(12-23-24-20(25)16-5-3-4-10-22-16)6-8-17(19)29-13-15-7-9-18(30-15)21(26)27/h3-12H,2,13H2,1H3,(H,24,25)(H,26,27). The van der Waals surface area contributed by atoms with Crippen LogP contribution in [0, 0.1) is 0 Å². The summed E-state index contributed by atoms with van der Waals surface area (Å²) in [7, 11) is 0. The first-order valence-electron chi connectivity index (χ1n) is 9.03. The Morgan fingerprint density at radius 3 is 2.73 bits per heavy atom. The predicted octanol–water partition coefficient (Wildman–Crippen LogP) is 3.11. The van der Waals surface area contributed by atoms with Gasteiger partial charge in [-0.2, -0.15) is 5.10 Å². The number of pyridine rings is 1. The average molecular weight is 409 g/mol.